The van der Waals surface area contributed by atoms with Gasteiger partial charge in [0.1, 0.15) is 5.82 Å². The molecule has 0 aromatic carbocycles. The van der Waals surface area contributed by atoms with Crippen molar-refractivity contribution in [1.29, 1.82) is 0 Å². The lowest BCUT2D eigenvalue weighted by molar-refractivity contribution is -0.138. The van der Waals surface area contributed by atoms with Gasteiger partial charge in [0, 0.05) is 17.9 Å². The first-order chi connectivity index (χ1) is 10.4. The van der Waals surface area contributed by atoms with Crippen LogP contribution in [0.1, 0.15) is 51.3 Å². The van der Waals surface area contributed by atoms with E-state index in [-0.39, 0.29) is 17.4 Å². The Morgan fingerprint density at radius 1 is 1.17 bits per heavy atom. The van der Waals surface area contributed by atoms with Gasteiger partial charge in [0.05, 0.1) is 22.5 Å². The molecule has 0 amide bonds. The maximum absolute atomic E-state index is 14.0. The van der Waals surface area contributed by atoms with Crippen LogP contribution in [-0.2, 0) is 15.5 Å². The van der Waals surface area contributed by atoms with E-state index >= 15 is 0 Å². The third kappa shape index (κ3) is 2.87. The zero-order valence-electron chi connectivity index (χ0n) is 13.4. The van der Waals surface area contributed by atoms with Crippen LogP contribution in [0, 0.1) is 5.82 Å². The van der Waals surface area contributed by atoms with Crippen LogP contribution in [0.25, 0.3) is 0 Å². The lowest BCUT2D eigenvalue weighted by atomic mass is 9.80. The standard InChI is InChI=1S/C15H18BF4NO2/c1-13(2)14(3,4)23-16(22-13)10-6-9(10)12-11(17)5-8(7-21-12)15(18,19)20/h5,7,9-10H,6H2,1-4H3/t9-,10-/m0/s1. The minimum absolute atomic E-state index is 0.0534. The number of nitrogens with zero attached hydrogens (tertiary/aromatic N) is 1. The van der Waals surface area contributed by atoms with Crippen molar-refractivity contribution in [2.45, 2.75) is 63.2 Å². The SMILES string of the molecule is CC1(C)OB([C@H]2C[C@@H]2c2ncc(C(F)(F)F)cc2F)OC1(C)C. The van der Waals surface area contributed by atoms with Crippen molar-refractivity contribution in [2.24, 2.45) is 0 Å². The van der Waals surface area contributed by atoms with Gasteiger partial charge >= 0.3 is 13.3 Å². The molecule has 23 heavy (non-hydrogen) atoms. The fraction of sp³-hybridized carbons (Fsp3) is 0.667. The van der Waals surface area contributed by atoms with Gasteiger partial charge in [0.15, 0.2) is 0 Å². The molecule has 0 bridgehead atoms. The Balaban J connectivity index is 1.75. The number of alkyl halides is 3. The molecule has 126 valence electrons. The van der Waals surface area contributed by atoms with Gasteiger partial charge in [0.25, 0.3) is 0 Å². The molecule has 1 aromatic rings. The summed E-state index contributed by atoms with van der Waals surface area (Å²) in [5.41, 5.74) is -2.00. The molecule has 1 aromatic heterocycles. The molecule has 1 aliphatic carbocycles. The number of aromatic nitrogens is 1. The highest BCUT2D eigenvalue weighted by Gasteiger charge is 2.60. The van der Waals surface area contributed by atoms with E-state index in [1.165, 1.54) is 0 Å². The Hall–Kier alpha value is -1.15. The zero-order chi connectivity index (χ0) is 17.2. The average Bonchev–Trinajstić information content (AvgIpc) is 3.11. The monoisotopic (exact) mass is 331 g/mol. The van der Waals surface area contributed by atoms with Crippen LogP contribution in [0.5, 0.6) is 0 Å². The first-order valence-corrected chi connectivity index (χ1v) is 7.51. The van der Waals surface area contributed by atoms with E-state index in [9.17, 15) is 17.6 Å². The van der Waals surface area contributed by atoms with E-state index in [0.29, 0.717) is 18.7 Å². The maximum atomic E-state index is 14.0. The number of pyridine rings is 1. The Morgan fingerprint density at radius 2 is 1.74 bits per heavy atom. The fourth-order valence-corrected chi connectivity index (χ4v) is 2.77. The second-order valence-electron chi connectivity index (χ2n) is 7.22. The van der Waals surface area contributed by atoms with E-state index in [0.717, 1.165) is 0 Å². The first kappa shape index (κ1) is 16.7. The molecule has 1 saturated carbocycles. The Kier molecular flexibility index (Phi) is 3.58. The van der Waals surface area contributed by atoms with Gasteiger partial charge < -0.3 is 9.31 Å². The minimum atomic E-state index is -4.60. The summed E-state index contributed by atoms with van der Waals surface area (Å²) in [6.07, 6.45) is -3.33. The second kappa shape index (κ2) is 4.93. The van der Waals surface area contributed by atoms with Crippen molar-refractivity contribution >= 4 is 7.12 Å². The molecule has 0 unspecified atom stereocenters. The summed E-state index contributed by atoms with van der Waals surface area (Å²) in [5, 5.41) is 0. The highest BCUT2D eigenvalue weighted by Crippen LogP contribution is 2.58. The van der Waals surface area contributed by atoms with Crippen LogP contribution < -0.4 is 0 Å². The topological polar surface area (TPSA) is 31.4 Å². The number of hydrogen-bond acceptors (Lipinski definition) is 3. The van der Waals surface area contributed by atoms with Gasteiger partial charge in [-0.2, -0.15) is 13.2 Å². The molecule has 2 atom stereocenters. The molecule has 3 nitrogen and oxygen atoms in total. The molecule has 2 fully saturated rings. The van der Waals surface area contributed by atoms with Gasteiger partial charge in [-0.15, -0.1) is 0 Å². The molecule has 0 spiro atoms. The molecule has 0 radical (unpaired) electrons. The summed E-state index contributed by atoms with van der Waals surface area (Å²) in [4.78, 5) is 3.69. The lowest BCUT2D eigenvalue weighted by Crippen LogP contribution is -2.41. The van der Waals surface area contributed by atoms with Crippen molar-refractivity contribution in [3.63, 3.8) is 0 Å². The number of halogens is 4. The van der Waals surface area contributed by atoms with Crippen LogP contribution in [0.4, 0.5) is 17.6 Å². The van der Waals surface area contributed by atoms with Crippen molar-refractivity contribution in [3.05, 3.63) is 29.3 Å². The molecule has 1 saturated heterocycles. The van der Waals surface area contributed by atoms with E-state index in [2.05, 4.69) is 4.98 Å². The molecular formula is C15H18BF4NO2. The van der Waals surface area contributed by atoms with Crippen LogP contribution in [0.15, 0.2) is 12.3 Å². The fourth-order valence-electron chi connectivity index (χ4n) is 2.77. The molecule has 3 rings (SSSR count). The second-order valence-corrected chi connectivity index (χ2v) is 7.22. The lowest BCUT2D eigenvalue weighted by Gasteiger charge is -2.32. The highest BCUT2D eigenvalue weighted by molar-refractivity contribution is 6.49. The van der Waals surface area contributed by atoms with Crippen LogP contribution in [0.3, 0.4) is 0 Å². The molecule has 2 aliphatic rings. The third-order valence-electron chi connectivity index (χ3n) is 5.01. The Labute approximate surface area is 132 Å². The summed E-state index contributed by atoms with van der Waals surface area (Å²) in [7, 11) is -0.492. The van der Waals surface area contributed by atoms with Crippen molar-refractivity contribution in [1.82, 2.24) is 4.98 Å². The summed E-state index contributed by atoms with van der Waals surface area (Å²) in [6, 6.07) is 0.502. The van der Waals surface area contributed by atoms with Crippen molar-refractivity contribution < 1.29 is 26.9 Å². The van der Waals surface area contributed by atoms with E-state index in [4.69, 9.17) is 9.31 Å². The molecular weight excluding hydrogens is 313 g/mol. The molecule has 1 aliphatic heterocycles. The molecule has 0 N–H and O–H groups in total. The average molecular weight is 331 g/mol. The van der Waals surface area contributed by atoms with Crippen LogP contribution in [0.2, 0.25) is 5.82 Å². The highest BCUT2D eigenvalue weighted by atomic mass is 19.4. The molecule has 2 heterocycles. The Bertz CT molecular complexity index is 616. The van der Waals surface area contributed by atoms with Gasteiger partial charge in [-0.05, 0) is 40.2 Å². The third-order valence-corrected chi connectivity index (χ3v) is 5.01. The van der Waals surface area contributed by atoms with Crippen LogP contribution >= 0.6 is 0 Å². The Morgan fingerprint density at radius 3 is 2.22 bits per heavy atom. The van der Waals surface area contributed by atoms with E-state index in [1.54, 1.807) is 0 Å². The van der Waals surface area contributed by atoms with E-state index < -0.39 is 35.9 Å². The van der Waals surface area contributed by atoms with Crippen molar-refractivity contribution in [2.75, 3.05) is 0 Å². The smallest absolute Gasteiger partial charge is 0.403 e. The maximum Gasteiger partial charge on any atom is 0.461 e. The number of rotatable bonds is 2. The van der Waals surface area contributed by atoms with E-state index in [1.807, 2.05) is 27.7 Å². The van der Waals surface area contributed by atoms with Gasteiger partial charge in [-0.1, -0.05) is 0 Å². The van der Waals surface area contributed by atoms with Crippen molar-refractivity contribution in [3.8, 4) is 0 Å². The van der Waals surface area contributed by atoms with Gasteiger partial charge in [-0.25, -0.2) is 4.39 Å². The predicted octanol–water partition coefficient (Wildman–Crippen LogP) is 4.19. The summed E-state index contributed by atoms with van der Waals surface area (Å²) >= 11 is 0. The van der Waals surface area contributed by atoms with Gasteiger partial charge in [0.2, 0.25) is 0 Å². The summed E-state index contributed by atoms with van der Waals surface area (Å²) < 4.78 is 63.5. The minimum Gasteiger partial charge on any atom is -0.403 e. The summed E-state index contributed by atoms with van der Waals surface area (Å²) in [5.74, 6) is -1.29. The normalized spacial score (nSPS) is 29.0. The zero-order valence-corrected chi connectivity index (χ0v) is 13.4. The molecule has 8 heteroatoms. The summed E-state index contributed by atoms with van der Waals surface area (Å²) in [6.45, 7) is 7.67. The first-order valence-electron chi connectivity index (χ1n) is 7.51. The number of hydrogen-bond donors (Lipinski definition) is 0. The van der Waals surface area contributed by atoms with Crippen LogP contribution in [-0.4, -0.2) is 23.3 Å². The quantitative estimate of drug-likeness (QED) is 0.602. The van der Waals surface area contributed by atoms with Gasteiger partial charge in [-0.3, -0.25) is 4.98 Å². The largest absolute Gasteiger partial charge is 0.461 e. The predicted molar refractivity (Wildman–Crippen MR) is 76.4 cm³/mol.